The summed E-state index contributed by atoms with van der Waals surface area (Å²) in [5.74, 6) is 4.04. The molecule has 2 aliphatic rings. The van der Waals surface area contributed by atoms with Crippen molar-refractivity contribution in [2.75, 3.05) is 0 Å². The summed E-state index contributed by atoms with van der Waals surface area (Å²) in [5.41, 5.74) is -0.451. The van der Waals surface area contributed by atoms with Crippen molar-refractivity contribution < 1.29 is 5.11 Å². The third-order valence-corrected chi connectivity index (χ3v) is 4.50. The molecule has 76 valence electrons. The SMILES string of the molecule is CC1CC2C1C(C)CC2C(C)(C)O. The molecule has 13 heavy (non-hydrogen) atoms. The van der Waals surface area contributed by atoms with Crippen LogP contribution < -0.4 is 0 Å². The highest BCUT2D eigenvalue weighted by atomic mass is 16.3. The summed E-state index contributed by atoms with van der Waals surface area (Å²) < 4.78 is 0. The highest BCUT2D eigenvalue weighted by molar-refractivity contribution is 5.03. The minimum Gasteiger partial charge on any atom is -0.390 e. The van der Waals surface area contributed by atoms with Gasteiger partial charge in [0.15, 0.2) is 0 Å². The number of rotatable bonds is 1. The second-order valence-corrected chi connectivity index (χ2v) is 5.93. The van der Waals surface area contributed by atoms with E-state index >= 15 is 0 Å². The molecule has 0 aromatic heterocycles. The quantitative estimate of drug-likeness (QED) is 0.661. The lowest BCUT2D eigenvalue weighted by Gasteiger charge is -2.45. The van der Waals surface area contributed by atoms with Crippen LogP contribution in [0.25, 0.3) is 0 Å². The van der Waals surface area contributed by atoms with Crippen LogP contribution in [0.15, 0.2) is 0 Å². The molecule has 1 heteroatoms. The van der Waals surface area contributed by atoms with Gasteiger partial charge in [-0.2, -0.15) is 0 Å². The lowest BCUT2D eigenvalue weighted by molar-refractivity contribution is -0.0400. The fourth-order valence-electron chi connectivity index (χ4n) is 3.93. The molecule has 0 radical (unpaired) electrons. The van der Waals surface area contributed by atoms with Crippen LogP contribution in [0.4, 0.5) is 0 Å². The van der Waals surface area contributed by atoms with Crippen LogP contribution in [0.3, 0.4) is 0 Å². The molecule has 2 saturated carbocycles. The van der Waals surface area contributed by atoms with Crippen molar-refractivity contribution in [2.24, 2.45) is 29.6 Å². The summed E-state index contributed by atoms with van der Waals surface area (Å²) >= 11 is 0. The van der Waals surface area contributed by atoms with Crippen LogP contribution in [-0.2, 0) is 0 Å². The molecule has 0 bridgehead atoms. The van der Waals surface area contributed by atoms with Gasteiger partial charge in [0.05, 0.1) is 5.60 Å². The van der Waals surface area contributed by atoms with E-state index in [-0.39, 0.29) is 0 Å². The highest BCUT2D eigenvalue weighted by Gasteiger charge is 2.54. The van der Waals surface area contributed by atoms with Crippen LogP contribution in [0.2, 0.25) is 0 Å². The predicted molar refractivity (Wildman–Crippen MR) is 54.3 cm³/mol. The lowest BCUT2D eigenvalue weighted by Crippen LogP contribution is -2.42. The van der Waals surface area contributed by atoms with E-state index in [1.165, 1.54) is 12.8 Å². The van der Waals surface area contributed by atoms with Crippen molar-refractivity contribution >= 4 is 0 Å². The normalized spacial score (nSPS) is 50.1. The second-order valence-electron chi connectivity index (χ2n) is 5.93. The fourth-order valence-corrected chi connectivity index (χ4v) is 3.93. The molecule has 0 heterocycles. The van der Waals surface area contributed by atoms with Crippen LogP contribution in [0.1, 0.15) is 40.5 Å². The summed E-state index contributed by atoms with van der Waals surface area (Å²) in [7, 11) is 0. The largest absolute Gasteiger partial charge is 0.390 e. The monoisotopic (exact) mass is 182 g/mol. The first-order chi connectivity index (χ1) is 5.91. The summed E-state index contributed by atoms with van der Waals surface area (Å²) in [6, 6.07) is 0. The minimum absolute atomic E-state index is 0.451. The van der Waals surface area contributed by atoms with Crippen molar-refractivity contribution in [3.63, 3.8) is 0 Å². The van der Waals surface area contributed by atoms with E-state index in [1.807, 2.05) is 13.8 Å². The van der Waals surface area contributed by atoms with Gasteiger partial charge < -0.3 is 5.11 Å². The van der Waals surface area contributed by atoms with Gasteiger partial charge in [-0.25, -0.2) is 0 Å². The first-order valence-electron chi connectivity index (χ1n) is 5.63. The van der Waals surface area contributed by atoms with Gasteiger partial charge in [0.2, 0.25) is 0 Å². The number of aliphatic hydroxyl groups is 1. The topological polar surface area (TPSA) is 20.2 Å². The summed E-state index contributed by atoms with van der Waals surface area (Å²) in [6.45, 7) is 8.69. The Kier molecular flexibility index (Phi) is 1.99. The zero-order valence-corrected chi connectivity index (χ0v) is 9.25. The molecule has 0 aromatic carbocycles. The molecule has 5 atom stereocenters. The molecule has 1 nitrogen and oxygen atoms in total. The molecule has 0 amide bonds. The molecule has 0 spiro atoms. The molecule has 0 aromatic rings. The summed E-state index contributed by atoms with van der Waals surface area (Å²) in [6.07, 6.45) is 2.59. The molecule has 2 fully saturated rings. The molecule has 0 aliphatic heterocycles. The Morgan fingerprint density at radius 3 is 2.00 bits per heavy atom. The third-order valence-electron chi connectivity index (χ3n) is 4.50. The van der Waals surface area contributed by atoms with E-state index < -0.39 is 5.60 Å². The van der Waals surface area contributed by atoms with Gasteiger partial charge in [-0.1, -0.05) is 13.8 Å². The number of hydrogen-bond acceptors (Lipinski definition) is 1. The molecule has 1 N–H and O–H groups in total. The first-order valence-corrected chi connectivity index (χ1v) is 5.63. The lowest BCUT2D eigenvalue weighted by atomic mass is 9.61. The van der Waals surface area contributed by atoms with E-state index in [2.05, 4.69) is 13.8 Å². The van der Waals surface area contributed by atoms with E-state index in [4.69, 9.17) is 0 Å². The molecular formula is C12H22O. The van der Waals surface area contributed by atoms with E-state index in [0.717, 1.165) is 23.7 Å². The van der Waals surface area contributed by atoms with E-state index in [9.17, 15) is 5.11 Å². The Hall–Kier alpha value is -0.0400. The Labute approximate surface area is 81.5 Å². The maximum atomic E-state index is 10.0. The van der Waals surface area contributed by atoms with Gasteiger partial charge in [-0.3, -0.25) is 0 Å². The van der Waals surface area contributed by atoms with Gasteiger partial charge >= 0.3 is 0 Å². The zero-order chi connectivity index (χ0) is 9.80. The minimum atomic E-state index is -0.451. The fraction of sp³-hybridized carbons (Fsp3) is 1.00. The van der Waals surface area contributed by atoms with E-state index in [0.29, 0.717) is 5.92 Å². The van der Waals surface area contributed by atoms with Gasteiger partial charge in [-0.15, -0.1) is 0 Å². The molecule has 2 rings (SSSR count). The molecule has 2 aliphatic carbocycles. The van der Waals surface area contributed by atoms with Gasteiger partial charge in [-0.05, 0) is 56.3 Å². The van der Waals surface area contributed by atoms with Crippen LogP contribution in [0, 0.1) is 29.6 Å². The molecular weight excluding hydrogens is 160 g/mol. The van der Waals surface area contributed by atoms with E-state index in [1.54, 1.807) is 0 Å². The standard InChI is InChI=1S/C12H22O/c1-7-5-9-10(12(3,4)13)6-8(2)11(7)9/h7-11,13H,5-6H2,1-4H3. The van der Waals surface area contributed by atoms with Crippen molar-refractivity contribution in [3.05, 3.63) is 0 Å². The number of hydrogen-bond donors (Lipinski definition) is 1. The van der Waals surface area contributed by atoms with Crippen LogP contribution in [0.5, 0.6) is 0 Å². The van der Waals surface area contributed by atoms with Crippen LogP contribution in [-0.4, -0.2) is 10.7 Å². The summed E-state index contributed by atoms with van der Waals surface area (Å²) in [4.78, 5) is 0. The molecule has 0 saturated heterocycles. The average Bonchev–Trinajstić information content (AvgIpc) is 2.19. The molecule has 5 unspecified atom stereocenters. The van der Waals surface area contributed by atoms with Gasteiger partial charge in [0.25, 0.3) is 0 Å². The Morgan fingerprint density at radius 1 is 1.08 bits per heavy atom. The highest BCUT2D eigenvalue weighted by Crippen LogP contribution is 2.59. The smallest absolute Gasteiger partial charge is 0.0622 e. The maximum Gasteiger partial charge on any atom is 0.0622 e. The number of fused-ring (bicyclic) bond motifs is 1. The van der Waals surface area contributed by atoms with Crippen molar-refractivity contribution in [1.29, 1.82) is 0 Å². The predicted octanol–water partition coefficient (Wildman–Crippen LogP) is 2.69. The zero-order valence-electron chi connectivity index (χ0n) is 9.25. The van der Waals surface area contributed by atoms with Crippen LogP contribution >= 0.6 is 0 Å². The summed E-state index contributed by atoms with van der Waals surface area (Å²) in [5, 5.41) is 10.0. The van der Waals surface area contributed by atoms with Crippen molar-refractivity contribution in [2.45, 2.75) is 46.1 Å². The second kappa shape index (κ2) is 2.73. The Balaban J connectivity index is 2.11. The maximum absolute atomic E-state index is 10.0. The van der Waals surface area contributed by atoms with Gasteiger partial charge in [0, 0.05) is 0 Å². The van der Waals surface area contributed by atoms with Crippen molar-refractivity contribution in [3.8, 4) is 0 Å². The Morgan fingerprint density at radius 2 is 1.62 bits per heavy atom. The first kappa shape index (κ1) is 9.51. The van der Waals surface area contributed by atoms with Crippen molar-refractivity contribution in [1.82, 2.24) is 0 Å². The average molecular weight is 182 g/mol. The third kappa shape index (κ3) is 1.32. The van der Waals surface area contributed by atoms with Gasteiger partial charge in [0.1, 0.15) is 0 Å². The Bertz CT molecular complexity index is 204.